The molecule has 0 saturated carbocycles. The summed E-state index contributed by atoms with van der Waals surface area (Å²) in [5, 5.41) is 12.5. The topological polar surface area (TPSA) is 64.2 Å². The van der Waals surface area contributed by atoms with Gasteiger partial charge >= 0.3 is 0 Å². The summed E-state index contributed by atoms with van der Waals surface area (Å²) in [5.74, 6) is 0.947. The largest absolute Gasteiger partial charge is 0.355 e. The van der Waals surface area contributed by atoms with Crippen LogP contribution < -0.4 is 5.32 Å². The van der Waals surface area contributed by atoms with Gasteiger partial charge in [0.2, 0.25) is 5.91 Å². The van der Waals surface area contributed by atoms with Crippen LogP contribution in [0.5, 0.6) is 0 Å². The van der Waals surface area contributed by atoms with E-state index >= 15 is 0 Å². The minimum atomic E-state index is 0.0283. The van der Waals surface area contributed by atoms with Crippen LogP contribution in [0.3, 0.4) is 0 Å². The summed E-state index contributed by atoms with van der Waals surface area (Å²) in [7, 11) is 0. The minimum Gasteiger partial charge on any atom is -0.355 e. The van der Waals surface area contributed by atoms with E-state index in [1.807, 2.05) is 53.9 Å². The number of aryl methyl sites for hydroxylation is 2. The Kier molecular flexibility index (Phi) is 4.39. The number of hydrogen-bond donors (Lipinski definition) is 1. The minimum absolute atomic E-state index is 0.0283. The number of amides is 1. The molecule has 26 heavy (non-hydrogen) atoms. The third-order valence-corrected chi connectivity index (χ3v) is 4.60. The average molecular weight is 347 g/mol. The third-order valence-electron chi connectivity index (χ3n) is 4.60. The lowest BCUT2D eigenvalue weighted by Gasteiger charge is -2.09. The molecule has 1 N–H and O–H groups in total. The third kappa shape index (κ3) is 3.18. The van der Waals surface area contributed by atoms with E-state index in [1.54, 1.807) is 0 Å². The Balaban J connectivity index is 1.32. The van der Waals surface area contributed by atoms with Crippen LogP contribution in [0, 0.1) is 6.92 Å². The van der Waals surface area contributed by atoms with Gasteiger partial charge in [-0.25, -0.2) is 0 Å². The van der Waals surface area contributed by atoms with E-state index < -0.39 is 0 Å². The maximum absolute atomic E-state index is 12.3. The van der Waals surface area contributed by atoms with Gasteiger partial charge in [0.1, 0.15) is 12.4 Å². The highest BCUT2D eigenvalue weighted by Crippen LogP contribution is 2.18. The van der Waals surface area contributed by atoms with E-state index in [1.165, 1.54) is 0 Å². The van der Waals surface area contributed by atoms with Gasteiger partial charge in [0, 0.05) is 30.4 Å². The zero-order valence-electron chi connectivity index (χ0n) is 14.7. The average Bonchev–Trinajstić information content (AvgIpc) is 3.20. The van der Waals surface area contributed by atoms with Crippen LogP contribution in [-0.2, 0) is 17.8 Å². The van der Waals surface area contributed by atoms with Crippen LogP contribution >= 0.6 is 0 Å². The fourth-order valence-electron chi connectivity index (χ4n) is 3.29. The molecular weight excluding hydrogens is 326 g/mol. The predicted molar refractivity (Wildman–Crippen MR) is 101 cm³/mol. The monoisotopic (exact) mass is 347 g/mol. The van der Waals surface area contributed by atoms with Gasteiger partial charge in [0.25, 0.3) is 0 Å². The summed E-state index contributed by atoms with van der Waals surface area (Å²) < 4.78 is 4.04. The Morgan fingerprint density at radius 1 is 1.12 bits per heavy atom. The molecule has 1 amide bonds. The molecule has 0 aliphatic carbocycles. The van der Waals surface area contributed by atoms with Crippen molar-refractivity contribution >= 4 is 22.5 Å². The van der Waals surface area contributed by atoms with Crippen molar-refractivity contribution in [2.45, 2.75) is 26.3 Å². The highest BCUT2D eigenvalue weighted by atomic mass is 16.1. The maximum Gasteiger partial charge on any atom is 0.239 e. The van der Waals surface area contributed by atoms with E-state index in [0.29, 0.717) is 13.1 Å². The standard InChI is InChI=1S/C20H21N5O/c1-15-13-16-7-2-3-8-17(16)25(15)14-20(26)21-11-6-10-19-23-22-18-9-4-5-12-24(18)19/h2-5,7-9,12-13H,6,10-11,14H2,1H3,(H,21,26). The van der Waals surface area contributed by atoms with Crippen molar-refractivity contribution < 1.29 is 4.79 Å². The second kappa shape index (κ2) is 7.00. The zero-order valence-corrected chi connectivity index (χ0v) is 14.7. The first-order chi connectivity index (χ1) is 12.7. The first kappa shape index (κ1) is 16.3. The second-order valence-electron chi connectivity index (χ2n) is 6.43. The molecule has 0 atom stereocenters. The molecule has 6 heteroatoms. The molecule has 132 valence electrons. The van der Waals surface area contributed by atoms with Gasteiger partial charge in [-0.05, 0) is 43.0 Å². The Hall–Kier alpha value is -3.15. The molecule has 0 spiro atoms. The number of para-hydroxylation sites is 1. The number of fused-ring (bicyclic) bond motifs is 2. The quantitative estimate of drug-likeness (QED) is 0.546. The molecule has 0 bridgehead atoms. The lowest BCUT2D eigenvalue weighted by Crippen LogP contribution is -2.29. The van der Waals surface area contributed by atoms with Crippen molar-refractivity contribution in [3.63, 3.8) is 0 Å². The molecule has 0 aliphatic rings. The molecule has 0 fully saturated rings. The first-order valence-electron chi connectivity index (χ1n) is 8.82. The fraction of sp³-hybridized carbons (Fsp3) is 0.250. The van der Waals surface area contributed by atoms with Crippen LogP contribution in [0.25, 0.3) is 16.6 Å². The van der Waals surface area contributed by atoms with Crippen LogP contribution in [0.1, 0.15) is 17.9 Å². The van der Waals surface area contributed by atoms with Crippen LogP contribution in [0.4, 0.5) is 0 Å². The Labute approximate surface area is 151 Å². The van der Waals surface area contributed by atoms with E-state index in [2.05, 4.69) is 32.2 Å². The smallest absolute Gasteiger partial charge is 0.239 e. The molecule has 4 rings (SSSR count). The molecule has 0 radical (unpaired) electrons. The van der Waals surface area contributed by atoms with Crippen LogP contribution in [0.15, 0.2) is 54.7 Å². The SMILES string of the molecule is Cc1cc2ccccc2n1CC(=O)NCCCc1nnc2ccccn12. The number of benzene rings is 1. The molecule has 3 heterocycles. The molecule has 0 unspecified atom stereocenters. The van der Waals surface area contributed by atoms with Gasteiger partial charge in [0.05, 0.1) is 0 Å². The maximum atomic E-state index is 12.3. The van der Waals surface area contributed by atoms with E-state index in [0.717, 1.165) is 40.9 Å². The number of rotatable bonds is 6. The van der Waals surface area contributed by atoms with Gasteiger partial charge in [-0.3, -0.25) is 9.20 Å². The Bertz CT molecular complexity index is 1060. The summed E-state index contributed by atoms with van der Waals surface area (Å²) in [4.78, 5) is 12.3. The number of aromatic nitrogens is 4. The Morgan fingerprint density at radius 2 is 1.96 bits per heavy atom. The van der Waals surface area contributed by atoms with Gasteiger partial charge in [-0.15, -0.1) is 10.2 Å². The number of nitrogens with one attached hydrogen (secondary N) is 1. The number of nitrogens with zero attached hydrogens (tertiary/aromatic N) is 4. The van der Waals surface area contributed by atoms with Crippen molar-refractivity contribution in [2.75, 3.05) is 6.54 Å². The number of carbonyl (C=O) groups excluding carboxylic acids is 1. The summed E-state index contributed by atoms with van der Waals surface area (Å²) in [6.45, 7) is 3.00. The number of pyridine rings is 1. The van der Waals surface area contributed by atoms with Crippen LogP contribution in [0.2, 0.25) is 0 Å². The molecule has 0 saturated heterocycles. The Morgan fingerprint density at radius 3 is 2.88 bits per heavy atom. The molecule has 0 aliphatic heterocycles. The molecule has 4 aromatic rings. The summed E-state index contributed by atoms with van der Waals surface area (Å²) in [5.41, 5.74) is 3.04. The molecule has 3 aromatic heterocycles. The van der Waals surface area contributed by atoms with Crippen molar-refractivity contribution in [1.29, 1.82) is 0 Å². The number of carbonyl (C=O) groups is 1. The van der Waals surface area contributed by atoms with Gasteiger partial charge in [-0.1, -0.05) is 24.3 Å². The summed E-state index contributed by atoms with van der Waals surface area (Å²) >= 11 is 0. The first-order valence-corrected chi connectivity index (χ1v) is 8.82. The highest BCUT2D eigenvalue weighted by molar-refractivity contribution is 5.84. The van der Waals surface area contributed by atoms with Gasteiger partial charge in [0.15, 0.2) is 5.65 Å². The van der Waals surface area contributed by atoms with Crippen molar-refractivity contribution in [1.82, 2.24) is 24.5 Å². The zero-order chi connectivity index (χ0) is 17.9. The summed E-state index contributed by atoms with van der Waals surface area (Å²) in [6.07, 6.45) is 3.56. The number of hydrogen-bond acceptors (Lipinski definition) is 3. The van der Waals surface area contributed by atoms with E-state index in [4.69, 9.17) is 0 Å². The predicted octanol–water partition coefficient (Wildman–Crippen LogP) is 2.74. The van der Waals surface area contributed by atoms with E-state index in [9.17, 15) is 4.79 Å². The summed E-state index contributed by atoms with van der Waals surface area (Å²) in [6, 6.07) is 16.1. The van der Waals surface area contributed by atoms with Crippen LogP contribution in [-0.4, -0.2) is 31.6 Å². The van der Waals surface area contributed by atoms with Crippen molar-refractivity contribution in [3.8, 4) is 0 Å². The fourth-order valence-corrected chi connectivity index (χ4v) is 3.29. The van der Waals surface area contributed by atoms with Crippen molar-refractivity contribution in [2.24, 2.45) is 0 Å². The lowest BCUT2D eigenvalue weighted by atomic mass is 10.2. The lowest BCUT2D eigenvalue weighted by molar-refractivity contribution is -0.121. The highest BCUT2D eigenvalue weighted by Gasteiger charge is 2.09. The van der Waals surface area contributed by atoms with Crippen molar-refractivity contribution in [3.05, 3.63) is 66.2 Å². The molecule has 6 nitrogen and oxygen atoms in total. The second-order valence-corrected chi connectivity index (χ2v) is 6.43. The molecular formula is C20H21N5O. The van der Waals surface area contributed by atoms with Gasteiger partial charge < -0.3 is 9.88 Å². The van der Waals surface area contributed by atoms with Gasteiger partial charge in [-0.2, -0.15) is 0 Å². The van der Waals surface area contributed by atoms with E-state index in [-0.39, 0.29) is 5.91 Å². The normalized spacial score (nSPS) is 11.3. The molecule has 1 aromatic carbocycles.